The Hall–Kier alpha value is -1.04. The number of amides is 1. The summed E-state index contributed by atoms with van der Waals surface area (Å²) in [5.74, 6) is 0.804. The molecule has 1 aromatic heterocycles. The maximum atomic E-state index is 11.6. The predicted octanol–water partition coefficient (Wildman–Crippen LogP) is 1.19. The zero-order valence-corrected chi connectivity index (χ0v) is 10.9. The third kappa shape index (κ3) is 5.72. The van der Waals surface area contributed by atoms with Crippen molar-refractivity contribution >= 4 is 18.3 Å². The molecular weight excluding hydrogens is 244 g/mol. The van der Waals surface area contributed by atoms with Crippen molar-refractivity contribution < 1.29 is 13.9 Å². The third-order valence-corrected chi connectivity index (χ3v) is 2.06. The van der Waals surface area contributed by atoms with E-state index in [9.17, 15) is 4.79 Å². The maximum Gasteiger partial charge on any atom is 0.286 e. The highest BCUT2D eigenvalue weighted by Crippen LogP contribution is 2.08. The van der Waals surface area contributed by atoms with E-state index in [4.69, 9.17) is 9.15 Å². The van der Waals surface area contributed by atoms with Gasteiger partial charge in [0.15, 0.2) is 5.76 Å². The third-order valence-electron chi connectivity index (χ3n) is 2.06. The van der Waals surface area contributed by atoms with E-state index in [-0.39, 0.29) is 18.3 Å². The standard InChI is InChI=1S/C11H18N2O3.ClH/c1-12-6-3-7-13-11(14)10-5-4-9(16-10)8-15-2;/h4-5,12H,3,6-8H2,1-2H3,(H,13,14);1H. The van der Waals surface area contributed by atoms with E-state index in [1.165, 1.54) is 0 Å². The summed E-state index contributed by atoms with van der Waals surface area (Å²) in [7, 11) is 3.46. The molecule has 0 aliphatic heterocycles. The fraction of sp³-hybridized carbons (Fsp3) is 0.545. The average molecular weight is 263 g/mol. The summed E-state index contributed by atoms with van der Waals surface area (Å²) < 4.78 is 10.2. The van der Waals surface area contributed by atoms with Crippen molar-refractivity contribution in [3.05, 3.63) is 23.7 Å². The minimum Gasteiger partial charge on any atom is -0.453 e. The molecular formula is C11H19ClN2O3. The van der Waals surface area contributed by atoms with E-state index in [0.717, 1.165) is 13.0 Å². The summed E-state index contributed by atoms with van der Waals surface area (Å²) in [6, 6.07) is 3.40. The number of carbonyl (C=O) groups is 1. The van der Waals surface area contributed by atoms with Gasteiger partial charge in [-0.05, 0) is 32.1 Å². The molecule has 0 aliphatic carbocycles. The van der Waals surface area contributed by atoms with Gasteiger partial charge in [0, 0.05) is 13.7 Å². The molecule has 0 atom stereocenters. The Labute approximate surface area is 107 Å². The highest BCUT2D eigenvalue weighted by molar-refractivity contribution is 5.91. The van der Waals surface area contributed by atoms with Gasteiger partial charge in [0.2, 0.25) is 0 Å². The van der Waals surface area contributed by atoms with Crippen molar-refractivity contribution in [1.29, 1.82) is 0 Å². The molecule has 5 nitrogen and oxygen atoms in total. The Kier molecular flexibility index (Phi) is 8.49. The first-order valence-corrected chi connectivity index (χ1v) is 5.28. The molecule has 0 aliphatic rings. The molecule has 17 heavy (non-hydrogen) atoms. The summed E-state index contributed by atoms with van der Waals surface area (Å²) in [6.07, 6.45) is 0.897. The SMILES string of the molecule is CNCCCNC(=O)c1ccc(COC)o1.Cl. The monoisotopic (exact) mass is 262 g/mol. The number of furan rings is 1. The van der Waals surface area contributed by atoms with Crippen LogP contribution < -0.4 is 10.6 Å². The van der Waals surface area contributed by atoms with Crippen LogP contribution in [0.5, 0.6) is 0 Å². The van der Waals surface area contributed by atoms with Crippen molar-refractivity contribution in [2.45, 2.75) is 13.0 Å². The number of hydrogen-bond donors (Lipinski definition) is 2. The van der Waals surface area contributed by atoms with Gasteiger partial charge < -0.3 is 19.8 Å². The summed E-state index contributed by atoms with van der Waals surface area (Å²) in [5, 5.41) is 5.79. The maximum absolute atomic E-state index is 11.6. The molecule has 0 radical (unpaired) electrons. The normalized spacial score (nSPS) is 9.76. The zero-order valence-electron chi connectivity index (χ0n) is 10.1. The summed E-state index contributed by atoms with van der Waals surface area (Å²) in [6.45, 7) is 1.90. The topological polar surface area (TPSA) is 63.5 Å². The molecule has 0 saturated heterocycles. The average Bonchev–Trinajstić information content (AvgIpc) is 2.73. The number of rotatable bonds is 7. The molecule has 1 heterocycles. The quantitative estimate of drug-likeness (QED) is 0.725. The van der Waals surface area contributed by atoms with Crippen LogP contribution in [-0.4, -0.2) is 33.2 Å². The van der Waals surface area contributed by atoms with Crippen molar-refractivity contribution in [3.63, 3.8) is 0 Å². The van der Waals surface area contributed by atoms with Crippen LogP contribution in [0.3, 0.4) is 0 Å². The van der Waals surface area contributed by atoms with Gasteiger partial charge in [0.1, 0.15) is 12.4 Å². The minimum absolute atomic E-state index is 0. The molecule has 0 saturated carbocycles. The first-order valence-electron chi connectivity index (χ1n) is 5.28. The minimum atomic E-state index is -0.182. The second kappa shape index (κ2) is 9.04. The van der Waals surface area contributed by atoms with Crippen molar-refractivity contribution in [2.75, 3.05) is 27.2 Å². The molecule has 0 fully saturated rings. The van der Waals surface area contributed by atoms with Gasteiger partial charge in [0.05, 0.1) is 0 Å². The highest BCUT2D eigenvalue weighted by Gasteiger charge is 2.09. The molecule has 1 aromatic rings. The van der Waals surface area contributed by atoms with Gasteiger partial charge in [-0.1, -0.05) is 0 Å². The number of carbonyl (C=O) groups excluding carboxylic acids is 1. The second-order valence-electron chi connectivity index (χ2n) is 3.41. The van der Waals surface area contributed by atoms with Crippen LogP contribution >= 0.6 is 12.4 Å². The van der Waals surface area contributed by atoms with Gasteiger partial charge in [-0.3, -0.25) is 4.79 Å². The molecule has 1 amide bonds. The predicted molar refractivity (Wildman–Crippen MR) is 67.5 cm³/mol. The molecule has 0 bridgehead atoms. The first-order chi connectivity index (χ1) is 7.77. The first kappa shape index (κ1) is 16.0. The lowest BCUT2D eigenvalue weighted by Crippen LogP contribution is -2.26. The van der Waals surface area contributed by atoms with Crippen LogP contribution in [0.15, 0.2) is 16.5 Å². The van der Waals surface area contributed by atoms with E-state index >= 15 is 0 Å². The molecule has 98 valence electrons. The van der Waals surface area contributed by atoms with Crippen molar-refractivity contribution in [3.8, 4) is 0 Å². The van der Waals surface area contributed by atoms with Crippen LogP contribution in [0.4, 0.5) is 0 Å². The summed E-state index contributed by atoms with van der Waals surface area (Å²) >= 11 is 0. The lowest BCUT2D eigenvalue weighted by atomic mass is 10.3. The van der Waals surface area contributed by atoms with Crippen molar-refractivity contribution in [2.24, 2.45) is 0 Å². The van der Waals surface area contributed by atoms with Gasteiger partial charge >= 0.3 is 0 Å². The van der Waals surface area contributed by atoms with Crippen LogP contribution in [0, 0.1) is 0 Å². The molecule has 1 rings (SSSR count). The molecule has 0 spiro atoms. The van der Waals surface area contributed by atoms with E-state index in [1.54, 1.807) is 19.2 Å². The summed E-state index contributed by atoms with van der Waals surface area (Å²) in [4.78, 5) is 11.6. The lowest BCUT2D eigenvalue weighted by Gasteiger charge is -2.02. The van der Waals surface area contributed by atoms with Crippen LogP contribution in [0.1, 0.15) is 22.7 Å². The zero-order chi connectivity index (χ0) is 11.8. The fourth-order valence-corrected chi connectivity index (χ4v) is 1.27. The Morgan fingerprint density at radius 1 is 1.41 bits per heavy atom. The van der Waals surface area contributed by atoms with Gasteiger partial charge in [-0.25, -0.2) is 0 Å². The Balaban J connectivity index is 0.00000256. The summed E-state index contributed by atoms with van der Waals surface area (Å²) in [5.41, 5.74) is 0. The van der Waals surface area contributed by atoms with E-state index in [2.05, 4.69) is 10.6 Å². The van der Waals surface area contributed by atoms with Gasteiger partial charge in [-0.2, -0.15) is 0 Å². The molecule has 0 aromatic carbocycles. The van der Waals surface area contributed by atoms with Gasteiger partial charge in [-0.15, -0.1) is 12.4 Å². The number of methoxy groups -OCH3 is 1. The number of ether oxygens (including phenoxy) is 1. The number of halogens is 1. The van der Waals surface area contributed by atoms with E-state index < -0.39 is 0 Å². The van der Waals surface area contributed by atoms with Crippen molar-refractivity contribution in [1.82, 2.24) is 10.6 Å². The Morgan fingerprint density at radius 2 is 2.18 bits per heavy atom. The molecule has 6 heteroatoms. The lowest BCUT2D eigenvalue weighted by molar-refractivity contribution is 0.0917. The highest BCUT2D eigenvalue weighted by atomic mass is 35.5. The largest absolute Gasteiger partial charge is 0.453 e. The van der Waals surface area contributed by atoms with Crippen LogP contribution in [0.25, 0.3) is 0 Å². The van der Waals surface area contributed by atoms with E-state index in [0.29, 0.717) is 24.7 Å². The van der Waals surface area contributed by atoms with Crippen LogP contribution in [-0.2, 0) is 11.3 Å². The number of nitrogens with one attached hydrogen (secondary N) is 2. The molecule has 0 unspecified atom stereocenters. The van der Waals surface area contributed by atoms with Crippen LogP contribution in [0.2, 0.25) is 0 Å². The van der Waals surface area contributed by atoms with Gasteiger partial charge in [0.25, 0.3) is 5.91 Å². The Bertz CT molecular complexity index is 328. The van der Waals surface area contributed by atoms with E-state index in [1.807, 2.05) is 7.05 Å². The smallest absolute Gasteiger partial charge is 0.286 e. The Morgan fingerprint density at radius 3 is 2.82 bits per heavy atom. The number of hydrogen-bond acceptors (Lipinski definition) is 4. The molecule has 2 N–H and O–H groups in total. The fourth-order valence-electron chi connectivity index (χ4n) is 1.27. The second-order valence-corrected chi connectivity index (χ2v) is 3.41.